The second-order valence-corrected chi connectivity index (χ2v) is 6.53. The predicted octanol–water partition coefficient (Wildman–Crippen LogP) is -1.55. The molecule has 0 bridgehead atoms. The van der Waals surface area contributed by atoms with Gasteiger partial charge in [-0.1, -0.05) is 0 Å². The molecule has 2 aliphatic heterocycles. The fraction of sp³-hybridized carbons (Fsp3) is 0.867. The van der Waals surface area contributed by atoms with Crippen LogP contribution >= 0.6 is 0 Å². The molecule has 1 saturated heterocycles. The Kier molecular flexibility index (Phi) is 4.93. The van der Waals surface area contributed by atoms with Crippen molar-refractivity contribution in [3.05, 3.63) is 11.8 Å². The zero-order valence-corrected chi connectivity index (χ0v) is 12.9. The zero-order chi connectivity index (χ0) is 16.7. The number of aliphatic hydroxyl groups excluding tert-OH is 5. The van der Waals surface area contributed by atoms with E-state index < -0.39 is 49.7 Å². The molecule has 1 saturated carbocycles. The first-order valence-electron chi connectivity index (χ1n) is 7.90. The highest BCUT2D eigenvalue weighted by molar-refractivity contribution is 5.10. The summed E-state index contributed by atoms with van der Waals surface area (Å²) in [5.74, 6) is -0.152. The van der Waals surface area contributed by atoms with Gasteiger partial charge in [-0.05, 0) is 31.3 Å². The highest BCUT2D eigenvalue weighted by Gasteiger charge is 2.49. The summed E-state index contributed by atoms with van der Waals surface area (Å²) in [4.78, 5) is 0. The van der Waals surface area contributed by atoms with Crippen LogP contribution in [0.2, 0.25) is 0 Å². The van der Waals surface area contributed by atoms with E-state index in [2.05, 4.69) is 0 Å². The van der Waals surface area contributed by atoms with Gasteiger partial charge in [0.1, 0.15) is 24.4 Å². The topological polar surface area (TPSA) is 129 Å². The molecule has 2 fully saturated rings. The van der Waals surface area contributed by atoms with Gasteiger partial charge < -0.3 is 39.7 Å². The molecular formula is C15H24O8. The smallest absolute Gasteiger partial charge is 0.207 e. The highest BCUT2D eigenvalue weighted by atomic mass is 16.8. The van der Waals surface area contributed by atoms with E-state index in [1.165, 1.54) is 0 Å². The minimum absolute atomic E-state index is 0.133. The third kappa shape index (κ3) is 3.00. The first-order valence-corrected chi connectivity index (χ1v) is 7.90. The molecule has 0 aromatic heterocycles. The van der Waals surface area contributed by atoms with E-state index in [1.54, 1.807) is 6.26 Å². The molecule has 1 aliphatic carbocycles. The molecule has 0 spiro atoms. The molecule has 0 aromatic carbocycles. The normalized spacial score (nSPS) is 50.2. The molecule has 5 N–H and O–H groups in total. The van der Waals surface area contributed by atoms with E-state index in [0.717, 1.165) is 12.0 Å². The SMILES string of the molecule is CC1=COC(O[C@@H]2O[C@H](CO)[C@@H](O)[C@H](O)[C@H]2O)C2C(O)CCC12. The number of fused-ring (bicyclic) bond motifs is 1. The number of hydrogen-bond donors (Lipinski definition) is 5. The van der Waals surface area contributed by atoms with E-state index in [-0.39, 0.29) is 11.8 Å². The van der Waals surface area contributed by atoms with Gasteiger partial charge in [-0.2, -0.15) is 0 Å². The van der Waals surface area contributed by atoms with Crippen molar-refractivity contribution < 1.29 is 39.7 Å². The Balaban J connectivity index is 1.73. The van der Waals surface area contributed by atoms with Crippen LogP contribution in [0.3, 0.4) is 0 Å². The average molecular weight is 332 g/mol. The number of allylic oxidation sites excluding steroid dienone is 1. The van der Waals surface area contributed by atoms with Crippen LogP contribution in [0.15, 0.2) is 11.8 Å². The van der Waals surface area contributed by atoms with Crippen LogP contribution in [-0.2, 0) is 14.2 Å². The number of hydrogen-bond acceptors (Lipinski definition) is 8. The van der Waals surface area contributed by atoms with E-state index >= 15 is 0 Å². The summed E-state index contributed by atoms with van der Waals surface area (Å²) in [5, 5.41) is 49.0. The Hall–Kier alpha value is -0.740. The van der Waals surface area contributed by atoms with Crippen molar-refractivity contribution in [1.29, 1.82) is 0 Å². The predicted molar refractivity (Wildman–Crippen MR) is 75.7 cm³/mol. The number of aliphatic hydroxyl groups is 5. The van der Waals surface area contributed by atoms with Gasteiger partial charge in [0.05, 0.1) is 24.9 Å². The van der Waals surface area contributed by atoms with E-state index in [4.69, 9.17) is 14.2 Å². The van der Waals surface area contributed by atoms with Crippen LogP contribution in [0.4, 0.5) is 0 Å². The Morgan fingerprint density at radius 1 is 1.09 bits per heavy atom. The van der Waals surface area contributed by atoms with Gasteiger partial charge in [0, 0.05) is 0 Å². The lowest BCUT2D eigenvalue weighted by Gasteiger charge is -2.42. The molecular weight excluding hydrogens is 308 g/mol. The van der Waals surface area contributed by atoms with Crippen molar-refractivity contribution in [2.75, 3.05) is 6.61 Å². The van der Waals surface area contributed by atoms with Crippen LogP contribution in [0.5, 0.6) is 0 Å². The van der Waals surface area contributed by atoms with Gasteiger partial charge in [-0.3, -0.25) is 0 Å². The summed E-state index contributed by atoms with van der Waals surface area (Å²) in [6.07, 6.45) is -5.11. The highest BCUT2D eigenvalue weighted by Crippen LogP contribution is 2.43. The number of rotatable bonds is 3. The lowest BCUT2D eigenvalue weighted by Crippen LogP contribution is -2.60. The van der Waals surface area contributed by atoms with Gasteiger partial charge in [0.2, 0.25) is 6.29 Å². The summed E-state index contributed by atoms with van der Waals surface area (Å²) >= 11 is 0. The molecule has 4 unspecified atom stereocenters. The second kappa shape index (κ2) is 6.64. The molecule has 0 amide bonds. The van der Waals surface area contributed by atoms with Crippen LogP contribution in [0.25, 0.3) is 0 Å². The van der Waals surface area contributed by atoms with Crippen LogP contribution in [-0.4, -0.2) is 75.2 Å². The Labute approximate surface area is 133 Å². The lowest BCUT2D eigenvalue weighted by atomic mass is 9.87. The standard InChI is InChI=1S/C15H24O8/c1-6-5-21-14(10-7(6)2-3-8(10)17)23-15-13(20)12(19)11(18)9(4-16)22-15/h5,7-20H,2-4H2,1H3/t7?,8?,9-,10?,11-,12+,13-,14?,15+/m1/s1. The van der Waals surface area contributed by atoms with Gasteiger partial charge in [-0.15, -0.1) is 0 Å². The van der Waals surface area contributed by atoms with E-state index in [0.29, 0.717) is 6.42 Å². The fourth-order valence-corrected chi connectivity index (χ4v) is 3.69. The first kappa shape index (κ1) is 17.1. The van der Waals surface area contributed by atoms with Crippen molar-refractivity contribution in [3.63, 3.8) is 0 Å². The molecule has 8 heteroatoms. The summed E-state index contributed by atoms with van der Waals surface area (Å²) in [6, 6.07) is 0. The Morgan fingerprint density at radius 3 is 2.52 bits per heavy atom. The van der Waals surface area contributed by atoms with Gasteiger partial charge in [0.25, 0.3) is 0 Å². The summed E-state index contributed by atoms with van der Waals surface area (Å²) in [5.41, 5.74) is 1.03. The second-order valence-electron chi connectivity index (χ2n) is 6.53. The van der Waals surface area contributed by atoms with Crippen LogP contribution in [0.1, 0.15) is 19.8 Å². The van der Waals surface area contributed by atoms with Crippen molar-refractivity contribution in [3.8, 4) is 0 Å². The first-order chi connectivity index (χ1) is 10.9. The maximum absolute atomic E-state index is 10.2. The maximum atomic E-state index is 10.2. The average Bonchev–Trinajstić information content (AvgIpc) is 2.93. The molecule has 3 aliphatic rings. The van der Waals surface area contributed by atoms with Gasteiger partial charge >= 0.3 is 0 Å². The molecule has 3 rings (SSSR count). The molecule has 8 nitrogen and oxygen atoms in total. The Bertz CT molecular complexity index is 453. The maximum Gasteiger partial charge on any atom is 0.207 e. The van der Waals surface area contributed by atoms with Crippen molar-refractivity contribution in [2.24, 2.45) is 11.8 Å². The van der Waals surface area contributed by atoms with Crippen molar-refractivity contribution in [2.45, 2.75) is 62.9 Å². The summed E-state index contributed by atoms with van der Waals surface area (Å²) in [6.45, 7) is 1.41. The summed E-state index contributed by atoms with van der Waals surface area (Å²) in [7, 11) is 0. The molecule has 0 radical (unpaired) electrons. The minimum atomic E-state index is -1.50. The molecule has 23 heavy (non-hydrogen) atoms. The zero-order valence-electron chi connectivity index (χ0n) is 12.9. The van der Waals surface area contributed by atoms with Crippen LogP contribution in [0, 0.1) is 11.8 Å². The lowest BCUT2D eigenvalue weighted by molar-refractivity contribution is -0.343. The molecule has 0 aromatic rings. The third-order valence-electron chi connectivity index (χ3n) is 5.09. The largest absolute Gasteiger partial charge is 0.472 e. The molecule has 132 valence electrons. The van der Waals surface area contributed by atoms with Crippen molar-refractivity contribution >= 4 is 0 Å². The fourth-order valence-electron chi connectivity index (χ4n) is 3.69. The molecule has 9 atom stereocenters. The monoisotopic (exact) mass is 332 g/mol. The van der Waals surface area contributed by atoms with Crippen LogP contribution < -0.4 is 0 Å². The van der Waals surface area contributed by atoms with E-state index in [1.807, 2.05) is 6.92 Å². The number of ether oxygens (including phenoxy) is 3. The summed E-state index contributed by atoms with van der Waals surface area (Å²) < 4.78 is 16.5. The third-order valence-corrected chi connectivity index (χ3v) is 5.09. The van der Waals surface area contributed by atoms with Gasteiger partial charge in [-0.25, -0.2) is 0 Å². The van der Waals surface area contributed by atoms with E-state index in [9.17, 15) is 25.5 Å². The van der Waals surface area contributed by atoms with Gasteiger partial charge in [0.15, 0.2) is 6.29 Å². The van der Waals surface area contributed by atoms with Crippen molar-refractivity contribution in [1.82, 2.24) is 0 Å². The molecule has 2 heterocycles. The minimum Gasteiger partial charge on any atom is -0.472 e. The Morgan fingerprint density at radius 2 is 1.83 bits per heavy atom. The quantitative estimate of drug-likeness (QED) is 0.420.